The van der Waals surface area contributed by atoms with Crippen LogP contribution in [0.1, 0.15) is 22.8 Å². The van der Waals surface area contributed by atoms with Crippen LogP contribution >= 0.6 is 0 Å². The summed E-state index contributed by atoms with van der Waals surface area (Å²) in [7, 11) is 0. The van der Waals surface area contributed by atoms with Gasteiger partial charge in [-0.25, -0.2) is 0 Å². The summed E-state index contributed by atoms with van der Waals surface area (Å²) >= 11 is 0. The molecular formula is C11H12O2. The van der Waals surface area contributed by atoms with Crippen LogP contribution in [0.4, 0.5) is 0 Å². The predicted octanol–water partition coefficient (Wildman–Crippen LogP) is 2.46. The number of hydrogen-bond acceptors (Lipinski definition) is 2. The highest BCUT2D eigenvalue weighted by atomic mass is 16.3. The van der Waals surface area contributed by atoms with Gasteiger partial charge in [0.25, 0.3) is 0 Å². The SMILES string of the molecule is C/C=C/C(=O)c1cc(C)ccc1O. The van der Waals surface area contributed by atoms with E-state index < -0.39 is 0 Å². The van der Waals surface area contributed by atoms with Crippen LogP contribution in [0.15, 0.2) is 30.4 Å². The van der Waals surface area contributed by atoms with Gasteiger partial charge < -0.3 is 5.11 Å². The third-order valence-electron chi connectivity index (χ3n) is 1.74. The number of carbonyl (C=O) groups is 1. The molecular weight excluding hydrogens is 164 g/mol. The first-order valence-electron chi connectivity index (χ1n) is 4.12. The zero-order valence-corrected chi connectivity index (χ0v) is 7.74. The Labute approximate surface area is 77.5 Å². The molecule has 0 heterocycles. The molecule has 0 unspecified atom stereocenters. The van der Waals surface area contributed by atoms with Gasteiger partial charge in [0.2, 0.25) is 0 Å². The zero-order chi connectivity index (χ0) is 9.84. The second-order valence-corrected chi connectivity index (χ2v) is 2.88. The van der Waals surface area contributed by atoms with Crippen molar-refractivity contribution in [2.75, 3.05) is 0 Å². The number of aromatic hydroxyl groups is 1. The number of benzene rings is 1. The number of carbonyl (C=O) groups excluding carboxylic acids is 1. The summed E-state index contributed by atoms with van der Waals surface area (Å²) in [6, 6.07) is 4.98. The van der Waals surface area contributed by atoms with E-state index in [9.17, 15) is 9.90 Å². The number of phenols is 1. The van der Waals surface area contributed by atoms with E-state index in [0.29, 0.717) is 5.56 Å². The van der Waals surface area contributed by atoms with Crippen molar-refractivity contribution in [1.82, 2.24) is 0 Å². The van der Waals surface area contributed by atoms with Gasteiger partial charge in [0.1, 0.15) is 5.75 Å². The highest BCUT2D eigenvalue weighted by Gasteiger charge is 2.06. The van der Waals surface area contributed by atoms with E-state index in [1.165, 1.54) is 12.1 Å². The Morgan fingerprint density at radius 3 is 2.77 bits per heavy atom. The number of hydrogen-bond donors (Lipinski definition) is 1. The fraction of sp³-hybridized carbons (Fsp3) is 0.182. The number of aryl methyl sites for hydroxylation is 1. The molecule has 0 radical (unpaired) electrons. The molecule has 0 aliphatic carbocycles. The van der Waals surface area contributed by atoms with E-state index in [1.54, 1.807) is 25.1 Å². The molecule has 0 fully saturated rings. The molecule has 2 heteroatoms. The smallest absolute Gasteiger partial charge is 0.189 e. The molecule has 1 aromatic rings. The Bertz CT molecular complexity index is 351. The van der Waals surface area contributed by atoms with Gasteiger partial charge in [0.05, 0.1) is 5.56 Å². The van der Waals surface area contributed by atoms with Crippen molar-refractivity contribution in [3.63, 3.8) is 0 Å². The first-order chi connectivity index (χ1) is 6.15. The lowest BCUT2D eigenvalue weighted by Crippen LogP contribution is -1.95. The molecule has 13 heavy (non-hydrogen) atoms. The van der Waals surface area contributed by atoms with Crippen molar-refractivity contribution in [2.24, 2.45) is 0 Å². The number of rotatable bonds is 2. The maximum Gasteiger partial charge on any atom is 0.189 e. The molecule has 0 aliphatic rings. The van der Waals surface area contributed by atoms with Crippen LogP contribution in [-0.4, -0.2) is 10.9 Å². The Morgan fingerprint density at radius 2 is 2.15 bits per heavy atom. The normalized spacial score (nSPS) is 10.6. The van der Waals surface area contributed by atoms with Crippen molar-refractivity contribution in [1.29, 1.82) is 0 Å². The summed E-state index contributed by atoms with van der Waals surface area (Å²) in [5.41, 5.74) is 1.32. The fourth-order valence-electron chi connectivity index (χ4n) is 1.09. The molecule has 2 nitrogen and oxygen atoms in total. The number of phenolic OH excluding ortho intramolecular Hbond substituents is 1. The predicted molar refractivity (Wildman–Crippen MR) is 52.0 cm³/mol. The van der Waals surface area contributed by atoms with E-state index in [1.807, 2.05) is 6.92 Å². The van der Waals surface area contributed by atoms with Crippen LogP contribution in [-0.2, 0) is 0 Å². The minimum absolute atomic E-state index is 0.0358. The van der Waals surface area contributed by atoms with Gasteiger partial charge in [-0.05, 0) is 32.1 Å². The second kappa shape index (κ2) is 3.90. The first kappa shape index (κ1) is 9.52. The van der Waals surface area contributed by atoms with Gasteiger partial charge in [-0.2, -0.15) is 0 Å². The van der Waals surface area contributed by atoms with E-state index >= 15 is 0 Å². The van der Waals surface area contributed by atoms with Gasteiger partial charge in [0.15, 0.2) is 5.78 Å². The molecule has 0 aliphatic heterocycles. The Morgan fingerprint density at radius 1 is 1.46 bits per heavy atom. The molecule has 0 saturated carbocycles. The van der Waals surface area contributed by atoms with Crippen molar-refractivity contribution in [3.8, 4) is 5.75 Å². The highest BCUT2D eigenvalue weighted by molar-refractivity contribution is 6.06. The Kier molecular flexibility index (Phi) is 2.85. The fourth-order valence-corrected chi connectivity index (χ4v) is 1.09. The molecule has 0 atom stereocenters. The third-order valence-corrected chi connectivity index (χ3v) is 1.74. The average Bonchev–Trinajstić information content (AvgIpc) is 2.09. The van der Waals surface area contributed by atoms with Gasteiger partial charge in [-0.1, -0.05) is 17.7 Å². The average molecular weight is 176 g/mol. The Balaban J connectivity index is 3.13. The van der Waals surface area contributed by atoms with Crippen LogP contribution in [0, 0.1) is 6.92 Å². The highest BCUT2D eigenvalue weighted by Crippen LogP contribution is 2.18. The zero-order valence-electron chi connectivity index (χ0n) is 7.74. The lowest BCUT2D eigenvalue weighted by Gasteiger charge is -2.01. The number of allylic oxidation sites excluding steroid dienone is 2. The molecule has 68 valence electrons. The summed E-state index contributed by atoms with van der Waals surface area (Å²) in [5, 5.41) is 9.38. The monoisotopic (exact) mass is 176 g/mol. The van der Waals surface area contributed by atoms with Crippen LogP contribution in [0.2, 0.25) is 0 Å². The molecule has 1 rings (SSSR count). The quantitative estimate of drug-likeness (QED) is 0.555. The van der Waals surface area contributed by atoms with Crippen LogP contribution < -0.4 is 0 Å². The summed E-state index contributed by atoms with van der Waals surface area (Å²) < 4.78 is 0. The lowest BCUT2D eigenvalue weighted by atomic mass is 10.1. The van der Waals surface area contributed by atoms with Gasteiger partial charge in [-0.3, -0.25) is 4.79 Å². The largest absolute Gasteiger partial charge is 0.507 e. The standard InChI is InChI=1S/C11H12O2/c1-3-4-10(12)9-7-8(2)5-6-11(9)13/h3-7,13H,1-2H3/b4-3+. The van der Waals surface area contributed by atoms with Crippen LogP contribution in [0.5, 0.6) is 5.75 Å². The van der Waals surface area contributed by atoms with Crippen LogP contribution in [0.3, 0.4) is 0 Å². The summed E-state index contributed by atoms with van der Waals surface area (Å²) in [5.74, 6) is -0.127. The molecule has 0 spiro atoms. The molecule has 0 bridgehead atoms. The molecule has 0 amide bonds. The van der Waals surface area contributed by atoms with Crippen molar-refractivity contribution < 1.29 is 9.90 Å². The van der Waals surface area contributed by atoms with Crippen molar-refractivity contribution >= 4 is 5.78 Å². The summed E-state index contributed by atoms with van der Waals surface area (Å²) in [4.78, 5) is 11.4. The second-order valence-electron chi connectivity index (χ2n) is 2.88. The van der Waals surface area contributed by atoms with Crippen molar-refractivity contribution in [2.45, 2.75) is 13.8 Å². The topological polar surface area (TPSA) is 37.3 Å². The van der Waals surface area contributed by atoms with E-state index in [4.69, 9.17) is 0 Å². The van der Waals surface area contributed by atoms with Gasteiger partial charge >= 0.3 is 0 Å². The summed E-state index contributed by atoms with van der Waals surface area (Å²) in [6.07, 6.45) is 3.10. The van der Waals surface area contributed by atoms with E-state index in [2.05, 4.69) is 0 Å². The molecule has 0 aromatic heterocycles. The third kappa shape index (κ3) is 2.18. The van der Waals surface area contributed by atoms with E-state index in [-0.39, 0.29) is 11.5 Å². The van der Waals surface area contributed by atoms with Gasteiger partial charge in [0, 0.05) is 0 Å². The molecule has 1 aromatic carbocycles. The molecule has 1 N–H and O–H groups in total. The molecule has 0 saturated heterocycles. The Hall–Kier alpha value is -1.57. The number of ketones is 1. The minimum Gasteiger partial charge on any atom is -0.507 e. The maximum atomic E-state index is 11.4. The first-order valence-corrected chi connectivity index (χ1v) is 4.12. The van der Waals surface area contributed by atoms with Crippen LogP contribution in [0.25, 0.3) is 0 Å². The minimum atomic E-state index is -0.163. The summed E-state index contributed by atoms with van der Waals surface area (Å²) in [6.45, 7) is 3.65. The van der Waals surface area contributed by atoms with Gasteiger partial charge in [-0.15, -0.1) is 0 Å². The van der Waals surface area contributed by atoms with E-state index in [0.717, 1.165) is 5.56 Å². The lowest BCUT2D eigenvalue weighted by molar-refractivity contribution is 0.104. The maximum absolute atomic E-state index is 11.4. The van der Waals surface area contributed by atoms with Crippen molar-refractivity contribution in [3.05, 3.63) is 41.5 Å².